The maximum Gasteiger partial charge on any atom is 0.266 e. The molecule has 1 unspecified atom stereocenters. The molecule has 132 valence electrons. The molecule has 1 atom stereocenters. The Kier molecular flexibility index (Phi) is 5.22. The third-order valence-electron chi connectivity index (χ3n) is 4.45. The van der Waals surface area contributed by atoms with E-state index in [1.165, 1.54) is 10.7 Å². The number of nitrogens with zero attached hydrogens (tertiary/aromatic N) is 3. The molecule has 1 fully saturated rings. The van der Waals surface area contributed by atoms with Gasteiger partial charge in [-0.1, -0.05) is 6.07 Å². The van der Waals surface area contributed by atoms with Crippen LogP contribution < -0.4 is 15.8 Å². The van der Waals surface area contributed by atoms with Crippen LogP contribution in [0.2, 0.25) is 0 Å². The third kappa shape index (κ3) is 4.10. The SMILES string of the molecule is Cc1ccc(NC(=O)C2CCCN(c3ccc(=O)n(C)n3)C2)c(Br)c1. The standard InChI is InChI=1S/C18H21BrN4O2/c1-12-5-6-15(14(19)10-12)20-18(25)13-4-3-9-23(11-13)16-7-8-17(24)22(2)21-16/h5-8,10,13H,3-4,9,11H2,1-2H3,(H,20,25). The molecule has 1 aliphatic heterocycles. The Labute approximate surface area is 155 Å². The molecule has 1 aromatic heterocycles. The van der Waals surface area contributed by atoms with Crippen LogP contribution in [0.1, 0.15) is 18.4 Å². The fourth-order valence-corrected chi connectivity index (χ4v) is 3.61. The number of carbonyl (C=O) groups excluding carboxylic acids is 1. The number of hydrogen-bond acceptors (Lipinski definition) is 4. The minimum atomic E-state index is -0.140. The number of nitrogens with one attached hydrogen (secondary N) is 1. The summed E-state index contributed by atoms with van der Waals surface area (Å²) in [7, 11) is 1.63. The monoisotopic (exact) mass is 404 g/mol. The first-order valence-electron chi connectivity index (χ1n) is 8.30. The summed E-state index contributed by atoms with van der Waals surface area (Å²) in [5, 5.41) is 7.30. The second-order valence-corrected chi connectivity index (χ2v) is 7.27. The van der Waals surface area contributed by atoms with Gasteiger partial charge in [0.2, 0.25) is 5.91 Å². The van der Waals surface area contributed by atoms with Crippen molar-refractivity contribution in [2.75, 3.05) is 23.3 Å². The van der Waals surface area contributed by atoms with E-state index >= 15 is 0 Å². The molecular formula is C18H21BrN4O2. The number of halogens is 1. The van der Waals surface area contributed by atoms with Crippen LogP contribution in [-0.4, -0.2) is 28.8 Å². The topological polar surface area (TPSA) is 67.2 Å². The summed E-state index contributed by atoms with van der Waals surface area (Å²) < 4.78 is 2.20. The van der Waals surface area contributed by atoms with Gasteiger partial charge in [-0.25, -0.2) is 4.68 Å². The number of carbonyl (C=O) groups is 1. The second-order valence-electron chi connectivity index (χ2n) is 6.41. The fourth-order valence-electron chi connectivity index (χ4n) is 3.01. The van der Waals surface area contributed by atoms with Gasteiger partial charge in [-0.15, -0.1) is 0 Å². The quantitative estimate of drug-likeness (QED) is 0.853. The summed E-state index contributed by atoms with van der Waals surface area (Å²) in [6, 6.07) is 9.10. The Morgan fingerprint density at radius 3 is 2.84 bits per heavy atom. The van der Waals surface area contributed by atoms with E-state index in [0.29, 0.717) is 6.54 Å². The number of piperidine rings is 1. The summed E-state index contributed by atoms with van der Waals surface area (Å²) in [4.78, 5) is 26.2. The molecule has 6 nitrogen and oxygen atoms in total. The number of aryl methyl sites for hydroxylation is 2. The lowest BCUT2D eigenvalue weighted by Gasteiger charge is -2.32. The van der Waals surface area contributed by atoms with Gasteiger partial charge in [0.1, 0.15) is 5.82 Å². The fraction of sp³-hybridized carbons (Fsp3) is 0.389. The van der Waals surface area contributed by atoms with Crippen LogP contribution in [0.15, 0.2) is 39.6 Å². The van der Waals surface area contributed by atoms with E-state index in [1.54, 1.807) is 13.1 Å². The molecule has 1 amide bonds. The summed E-state index contributed by atoms with van der Waals surface area (Å²) in [5.74, 6) is 0.635. The highest BCUT2D eigenvalue weighted by atomic mass is 79.9. The maximum absolute atomic E-state index is 12.7. The molecular weight excluding hydrogens is 384 g/mol. The zero-order valence-electron chi connectivity index (χ0n) is 14.3. The normalized spacial score (nSPS) is 17.4. The van der Waals surface area contributed by atoms with E-state index in [1.807, 2.05) is 25.1 Å². The Hall–Kier alpha value is -2.15. The van der Waals surface area contributed by atoms with Gasteiger partial charge in [0, 0.05) is 30.7 Å². The van der Waals surface area contributed by atoms with E-state index in [0.717, 1.165) is 40.9 Å². The highest BCUT2D eigenvalue weighted by Gasteiger charge is 2.27. The first-order chi connectivity index (χ1) is 11.9. The van der Waals surface area contributed by atoms with Crippen molar-refractivity contribution in [2.45, 2.75) is 19.8 Å². The van der Waals surface area contributed by atoms with Crippen molar-refractivity contribution in [3.63, 3.8) is 0 Å². The van der Waals surface area contributed by atoms with Gasteiger partial charge in [-0.2, -0.15) is 5.10 Å². The number of anilines is 2. The summed E-state index contributed by atoms with van der Waals surface area (Å²) >= 11 is 3.50. The van der Waals surface area contributed by atoms with Crippen molar-refractivity contribution in [3.8, 4) is 0 Å². The molecule has 2 heterocycles. The smallest absolute Gasteiger partial charge is 0.266 e. The van der Waals surface area contributed by atoms with Gasteiger partial charge < -0.3 is 10.2 Å². The summed E-state index contributed by atoms with van der Waals surface area (Å²) in [6.45, 7) is 3.44. The van der Waals surface area contributed by atoms with Crippen molar-refractivity contribution in [1.82, 2.24) is 9.78 Å². The van der Waals surface area contributed by atoms with Crippen LogP contribution in [0.3, 0.4) is 0 Å². The average Bonchev–Trinajstić information content (AvgIpc) is 2.60. The van der Waals surface area contributed by atoms with Crippen LogP contribution in [-0.2, 0) is 11.8 Å². The molecule has 25 heavy (non-hydrogen) atoms. The van der Waals surface area contributed by atoms with Gasteiger partial charge in [0.25, 0.3) is 5.56 Å². The summed E-state index contributed by atoms with van der Waals surface area (Å²) in [5.41, 5.74) is 1.78. The molecule has 0 spiro atoms. The lowest BCUT2D eigenvalue weighted by atomic mass is 9.97. The molecule has 1 aromatic carbocycles. The molecule has 2 aromatic rings. The number of aromatic nitrogens is 2. The van der Waals surface area contributed by atoms with Crippen LogP contribution in [0.4, 0.5) is 11.5 Å². The number of benzene rings is 1. The van der Waals surface area contributed by atoms with Gasteiger partial charge in [-0.05, 0) is 59.5 Å². The predicted octanol–water partition coefficient (Wildman–Crippen LogP) is 2.71. The number of hydrogen-bond donors (Lipinski definition) is 1. The van der Waals surface area contributed by atoms with Crippen molar-refractivity contribution in [3.05, 3.63) is 50.7 Å². The minimum Gasteiger partial charge on any atom is -0.354 e. The number of rotatable bonds is 3. The van der Waals surface area contributed by atoms with E-state index in [4.69, 9.17) is 0 Å². The van der Waals surface area contributed by atoms with Gasteiger partial charge in [0.05, 0.1) is 11.6 Å². The molecule has 0 radical (unpaired) electrons. The van der Waals surface area contributed by atoms with Crippen molar-refractivity contribution >= 4 is 33.3 Å². The molecule has 0 saturated carbocycles. The van der Waals surface area contributed by atoms with Crippen LogP contribution in [0.5, 0.6) is 0 Å². The number of amides is 1. The maximum atomic E-state index is 12.7. The van der Waals surface area contributed by atoms with Gasteiger partial charge in [0.15, 0.2) is 0 Å². The lowest BCUT2D eigenvalue weighted by molar-refractivity contribution is -0.120. The Bertz CT molecular complexity index is 849. The molecule has 0 bridgehead atoms. The van der Waals surface area contributed by atoms with Crippen molar-refractivity contribution in [1.29, 1.82) is 0 Å². The van der Waals surface area contributed by atoms with E-state index in [-0.39, 0.29) is 17.4 Å². The molecule has 7 heteroatoms. The zero-order chi connectivity index (χ0) is 18.0. The van der Waals surface area contributed by atoms with Gasteiger partial charge >= 0.3 is 0 Å². The molecule has 0 aliphatic carbocycles. The minimum absolute atomic E-state index is 0.0130. The average molecular weight is 405 g/mol. The summed E-state index contributed by atoms with van der Waals surface area (Å²) in [6.07, 6.45) is 1.76. The second kappa shape index (κ2) is 7.39. The lowest BCUT2D eigenvalue weighted by Crippen LogP contribution is -2.41. The van der Waals surface area contributed by atoms with E-state index < -0.39 is 0 Å². The van der Waals surface area contributed by atoms with E-state index in [2.05, 4.69) is 31.2 Å². The predicted molar refractivity (Wildman–Crippen MR) is 102 cm³/mol. The van der Waals surface area contributed by atoms with Crippen molar-refractivity contribution < 1.29 is 4.79 Å². The molecule has 1 saturated heterocycles. The van der Waals surface area contributed by atoms with Gasteiger partial charge in [-0.3, -0.25) is 9.59 Å². The van der Waals surface area contributed by atoms with E-state index in [9.17, 15) is 9.59 Å². The first-order valence-corrected chi connectivity index (χ1v) is 9.09. The molecule has 1 N–H and O–H groups in total. The Balaban J connectivity index is 1.71. The largest absolute Gasteiger partial charge is 0.354 e. The Morgan fingerprint density at radius 2 is 2.12 bits per heavy atom. The van der Waals surface area contributed by atoms with Crippen LogP contribution in [0.25, 0.3) is 0 Å². The van der Waals surface area contributed by atoms with Crippen LogP contribution >= 0.6 is 15.9 Å². The van der Waals surface area contributed by atoms with Crippen LogP contribution in [0, 0.1) is 12.8 Å². The van der Waals surface area contributed by atoms with Crippen molar-refractivity contribution in [2.24, 2.45) is 13.0 Å². The highest BCUT2D eigenvalue weighted by molar-refractivity contribution is 9.10. The third-order valence-corrected chi connectivity index (χ3v) is 5.10. The first kappa shape index (κ1) is 17.7. The molecule has 3 rings (SSSR count). The molecule has 1 aliphatic rings. The highest BCUT2D eigenvalue weighted by Crippen LogP contribution is 2.26. The zero-order valence-corrected chi connectivity index (χ0v) is 15.9. The Morgan fingerprint density at radius 1 is 1.32 bits per heavy atom.